The molecule has 4 rings (SSSR count). The van der Waals surface area contributed by atoms with Gasteiger partial charge in [0.1, 0.15) is 19.3 Å². The number of ether oxygens (including phenoxy) is 2. The van der Waals surface area contributed by atoms with Crippen molar-refractivity contribution in [2.45, 2.75) is 18.8 Å². The molecule has 0 aliphatic carbocycles. The van der Waals surface area contributed by atoms with Crippen molar-refractivity contribution in [1.82, 2.24) is 0 Å². The molecule has 1 heterocycles. The van der Waals surface area contributed by atoms with Gasteiger partial charge in [-0.15, -0.1) is 12.3 Å². The van der Waals surface area contributed by atoms with Crippen molar-refractivity contribution in [1.29, 1.82) is 0 Å². The van der Waals surface area contributed by atoms with Gasteiger partial charge in [-0.25, -0.2) is 0 Å². The van der Waals surface area contributed by atoms with E-state index < -0.39 is 5.50 Å². The van der Waals surface area contributed by atoms with E-state index in [1.807, 2.05) is 36.4 Å². The predicted molar refractivity (Wildman–Crippen MR) is 116 cm³/mol. The summed E-state index contributed by atoms with van der Waals surface area (Å²) in [6.45, 7) is 6.13. The van der Waals surface area contributed by atoms with Crippen LogP contribution in [0.25, 0.3) is 21.9 Å². The summed E-state index contributed by atoms with van der Waals surface area (Å²) < 4.78 is 12.1. The Balaban J connectivity index is 1.87. The topological polar surface area (TPSA) is 18.5 Å². The Labute approximate surface area is 167 Å². The second-order valence-electron chi connectivity index (χ2n) is 6.79. The van der Waals surface area contributed by atoms with Crippen LogP contribution < -0.4 is 4.74 Å². The third kappa shape index (κ3) is 3.20. The molecule has 136 valence electrons. The van der Waals surface area contributed by atoms with Crippen LogP contribution in [0.4, 0.5) is 0 Å². The maximum atomic E-state index is 6.62. The van der Waals surface area contributed by atoms with Crippen LogP contribution in [0.3, 0.4) is 0 Å². The van der Waals surface area contributed by atoms with Crippen LogP contribution >= 0.6 is 0 Å². The molecule has 3 heteroatoms. The highest BCUT2D eigenvalue weighted by Gasteiger charge is 2.27. The van der Waals surface area contributed by atoms with Gasteiger partial charge in [-0.1, -0.05) is 49.4 Å². The molecule has 0 aromatic heterocycles. The lowest BCUT2D eigenvalue weighted by molar-refractivity contribution is 0.0733. The predicted octanol–water partition coefficient (Wildman–Crippen LogP) is 6.26. The zero-order valence-corrected chi connectivity index (χ0v) is 15.9. The van der Waals surface area contributed by atoms with Gasteiger partial charge in [0.2, 0.25) is 0 Å². The van der Waals surface area contributed by atoms with Gasteiger partial charge in [-0.3, -0.25) is 0 Å². The summed E-state index contributed by atoms with van der Waals surface area (Å²) in [7, 11) is 6.62. The Morgan fingerprint density at radius 1 is 1.11 bits per heavy atom. The monoisotopic (exact) mass is 364 g/mol. The molecule has 0 amide bonds. The lowest BCUT2D eigenvalue weighted by Gasteiger charge is -2.29. The molecule has 0 saturated heterocycles. The van der Waals surface area contributed by atoms with Crippen molar-refractivity contribution < 1.29 is 9.47 Å². The third-order valence-corrected chi connectivity index (χ3v) is 4.87. The summed E-state index contributed by atoms with van der Waals surface area (Å²) in [5.74, 6) is 1.69. The zero-order valence-electron chi connectivity index (χ0n) is 15.9. The van der Waals surface area contributed by atoms with Crippen LogP contribution in [-0.4, -0.2) is 14.5 Å². The molecule has 0 saturated carbocycles. The second kappa shape index (κ2) is 7.56. The van der Waals surface area contributed by atoms with E-state index in [4.69, 9.17) is 17.3 Å². The minimum absolute atomic E-state index is 0.340. The number of fused-ring (bicyclic) bond motifs is 2. The average molecular weight is 364 g/mol. The van der Waals surface area contributed by atoms with Crippen molar-refractivity contribution in [3.05, 3.63) is 90.7 Å². The molecule has 0 bridgehead atoms. The van der Waals surface area contributed by atoms with Crippen LogP contribution in [0.15, 0.2) is 85.1 Å². The summed E-state index contributed by atoms with van der Waals surface area (Å²) >= 11 is 0. The van der Waals surface area contributed by atoms with E-state index in [0.29, 0.717) is 6.61 Å². The number of benzene rings is 3. The lowest BCUT2D eigenvalue weighted by atomic mass is 9.74. The van der Waals surface area contributed by atoms with Gasteiger partial charge < -0.3 is 9.47 Å². The zero-order chi connectivity index (χ0) is 19.6. The Kier molecular flexibility index (Phi) is 4.96. The van der Waals surface area contributed by atoms with Gasteiger partial charge in [0.15, 0.2) is 0 Å². The first-order valence-corrected chi connectivity index (χ1v) is 9.46. The molecule has 1 unspecified atom stereocenters. The fourth-order valence-electron chi connectivity index (χ4n) is 3.51. The minimum Gasteiger partial charge on any atom is -0.456 e. The first kappa shape index (κ1) is 18.4. The van der Waals surface area contributed by atoms with Crippen molar-refractivity contribution in [3.63, 3.8) is 0 Å². The Bertz CT molecular complexity index is 1100. The van der Waals surface area contributed by atoms with Crippen molar-refractivity contribution in [2.24, 2.45) is 0 Å². The fourth-order valence-corrected chi connectivity index (χ4v) is 3.51. The maximum Gasteiger partial charge on any atom is 0.135 e. The highest BCUT2D eigenvalue weighted by Crippen LogP contribution is 2.47. The second-order valence-corrected chi connectivity index (χ2v) is 6.79. The van der Waals surface area contributed by atoms with Gasteiger partial charge in [-0.2, -0.15) is 0 Å². The Hall–Kier alpha value is -3.00. The molecule has 1 aliphatic heterocycles. The Morgan fingerprint density at radius 3 is 2.71 bits per heavy atom. The molecular formula is C25H21BO2. The first-order valence-electron chi connectivity index (χ1n) is 9.46. The maximum absolute atomic E-state index is 6.62. The van der Waals surface area contributed by atoms with Gasteiger partial charge >= 0.3 is 0 Å². The van der Waals surface area contributed by atoms with E-state index in [1.54, 1.807) is 12.2 Å². The molecule has 1 atom stereocenters. The lowest BCUT2D eigenvalue weighted by Crippen LogP contribution is -2.28. The van der Waals surface area contributed by atoms with Gasteiger partial charge in [0, 0.05) is 10.9 Å². The molecule has 28 heavy (non-hydrogen) atoms. The molecule has 0 N–H and O–H groups in total. The van der Waals surface area contributed by atoms with Crippen LogP contribution in [0.1, 0.15) is 18.9 Å². The molecule has 0 spiro atoms. The molecule has 0 fully saturated rings. The molecule has 3 aromatic carbocycles. The van der Waals surface area contributed by atoms with Gasteiger partial charge in [-0.05, 0) is 53.3 Å². The van der Waals surface area contributed by atoms with Crippen LogP contribution in [0, 0.1) is 0 Å². The number of hydrogen-bond acceptors (Lipinski definition) is 2. The first-order chi connectivity index (χ1) is 13.7. The molecule has 3 aromatic rings. The third-order valence-electron chi connectivity index (χ3n) is 4.87. The molecular weight excluding hydrogens is 343 g/mol. The van der Waals surface area contributed by atoms with Crippen molar-refractivity contribution in [3.8, 4) is 22.6 Å². The van der Waals surface area contributed by atoms with Gasteiger partial charge in [0.05, 0.1) is 12.1 Å². The van der Waals surface area contributed by atoms with E-state index in [-0.39, 0.29) is 0 Å². The fraction of sp³-hybridized carbons (Fsp3) is 0.160. The SMILES string of the molecule is [B]C(C=C=CCC)(OCC=C)c1ccc2c(c1)-c1cccc3cccc(c13)O2. The minimum atomic E-state index is -1.10. The van der Waals surface area contributed by atoms with Gasteiger partial charge in [0.25, 0.3) is 0 Å². The van der Waals surface area contributed by atoms with Crippen LogP contribution in [0.2, 0.25) is 0 Å². The molecule has 2 nitrogen and oxygen atoms in total. The quantitative estimate of drug-likeness (QED) is 0.228. The van der Waals surface area contributed by atoms with Crippen molar-refractivity contribution in [2.75, 3.05) is 6.61 Å². The largest absolute Gasteiger partial charge is 0.456 e. The number of hydrogen-bond donors (Lipinski definition) is 0. The summed E-state index contributed by atoms with van der Waals surface area (Å²) in [6, 6.07) is 18.3. The smallest absolute Gasteiger partial charge is 0.135 e. The average Bonchev–Trinajstić information content (AvgIpc) is 2.73. The van der Waals surface area contributed by atoms with E-state index in [9.17, 15) is 0 Å². The highest BCUT2D eigenvalue weighted by molar-refractivity contribution is 6.16. The normalized spacial score (nSPS) is 13.6. The molecule has 2 radical (unpaired) electrons. The van der Waals surface area contributed by atoms with Crippen LogP contribution in [0.5, 0.6) is 11.5 Å². The van der Waals surface area contributed by atoms with E-state index in [2.05, 4.69) is 43.5 Å². The standard InChI is InChI=1S/C25H21BO2/c1-3-5-6-15-25(26,27-16-4-2)19-13-14-22-21(17-19)20-11-7-9-18-10-8-12-23(28-22)24(18)20/h4-5,7-15,17H,2-3,16H2,1H3. The van der Waals surface area contributed by atoms with Crippen LogP contribution in [-0.2, 0) is 10.2 Å². The molecule has 1 aliphatic rings. The van der Waals surface area contributed by atoms with E-state index in [1.165, 1.54) is 0 Å². The highest BCUT2D eigenvalue weighted by atomic mass is 16.5. The van der Waals surface area contributed by atoms with E-state index >= 15 is 0 Å². The Morgan fingerprint density at radius 2 is 1.93 bits per heavy atom. The summed E-state index contributed by atoms with van der Waals surface area (Å²) in [5.41, 5.74) is 5.01. The summed E-state index contributed by atoms with van der Waals surface area (Å²) in [5, 5.41) is 2.27. The van der Waals surface area contributed by atoms with Crippen molar-refractivity contribution >= 4 is 18.6 Å². The summed E-state index contributed by atoms with van der Waals surface area (Å²) in [6.07, 6.45) is 6.26. The van der Waals surface area contributed by atoms with E-state index in [0.717, 1.165) is 45.4 Å². The number of rotatable bonds is 6. The summed E-state index contributed by atoms with van der Waals surface area (Å²) in [4.78, 5) is 0.